The number of anilines is 2. The number of nitrogens with one attached hydrogen (secondary N) is 2. The predicted molar refractivity (Wildman–Crippen MR) is 99.9 cm³/mol. The Morgan fingerprint density at radius 1 is 0.821 bits per heavy atom. The van der Waals surface area contributed by atoms with Gasteiger partial charge in [0, 0.05) is 22.9 Å². The van der Waals surface area contributed by atoms with Gasteiger partial charge in [-0.25, -0.2) is 8.78 Å². The van der Waals surface area contributed by atoms with Crippen molar-refractivity contribution in [3.8, 4) is 6.07 Å². The highest BCUT2D eigenvalue weighted by Crippen LogP contribution is 2.17. The van der Waals surface area contributed by atoms with E-state index < -0.39 is 23.4 Å². The Morgan fingerprint density at radius 3 is 2.07 bits per heavy atom. The van der Waals surface area contributed by atoms with Crippen LogP contribution in [-0.2, 0) is 0 Å². The number of nitriles is 1. The molecule has 7 heteroatoms. The minimum absolute atomic E-state index is 0.148. The summed E-state index contributed by atoms with van der Waals surface area (Å²) in [5.74, 6) is -2.64. The maximum Gasteiger partial charge on any atom is 0.255 e. The Hall–Kier alpha value is -4.05. The molecule has 0 aromatic heterocycles. The van der Waals surface area contributed by atoms with Crippen molar-refractivity contribution in [1.29, 1.82) is 5.26 Å². The van der Waals surface area contributed by atoms with Crippen molar-refractivity contribution in [3.63, 3.8) is 0 Å². The molecule has 0 unspecified atom stereocenters. The first-order valence-electron chi connectivity index (χ1n) is 8.14. The molecule has 3 aromatic rings. The minimum Gasteiger partial charge on any atom is -0.322 e. The molecule has 0 atom stereocenters. The van der Waals surface area contributed by atoms with Gasteiger partial charge in [-0.1, -0.05) is 6.07 Å². The maximum absolute atomic E-state index is 13.6. The molecule has 2 amide bonds. The molecule has 0 radical (unpaired) electrons. The van der Waals surface area contributed by atoms with Gasteiger partial charge in [0.25, 0.3) is 11.8 Å². The van der Waals surface area contributed by atoms with Gasteiger partial charge in [-0.05, 0) is 54.6 Å². The highest BCUT2D eigenvalue weighted by Gasteiger charge is 2.12. The second-order valence-electron chi connectivity index (χ2n) is 5.80. The van der Waals surface area contributed by atoms with Gasteiger partial charge in [-0.15, -0.1) is 0 Å². The predicted octanol–water partition coefficient (Wildman–Crippen LogP) is 4.34. The fourth-order valence-corrected chi connectivity index (χ4v) is 2.43. The third kappa shape index (κ3) is 4.37. The van der Waals surface area contributed by atoms with E-state index in [1.165, 1.54) is 30.3 Å². The van der Waals surface area contributed by atoms with Crippen LogP contribution in [0.5, 0.6) is 0 Å². The molecule has 0 spiro atoms. The van der Waals surface area contributed by atoms with Gasteiger partial charge in [0.15, 0.2) is 0 Å². The van der Waals surface area contributed by atoms with Crippen molar-refractivity contribution >= 4 is 23.2 Å². The molecule has 0 heterocycles. The quantitative estimate of drug-likeness (QED) is 0.710. The van der Waals surface area contributed by atoms with Crippen LogP contribution in [0.25, 0.3) is 0 Å². The van der Waals surface area contributed by atoms with E-state index in [-0.39, 0.29) is 11.3 Å². The first-order chi connectivity index (χ1) is 13.5. The Morgan fingerprint density at radius 2 is 1.46 bits per heavy atom. The van der Waals surface area contributed by atoms with Crippen molar-refractivity contribution in [2.75, 3.05) is 10.6 Å². The summed E-state index contributed by atoms with van der Waals surface area (Å²) in [7, 11) is 0. The molecular formula is C21H13F2N3O2. The van der Waals surface area contributed by atoms with Crippen LogP contribution in [-0.4, -0.2) is 11.8 Å². The molecule has 0 fully saturated rings. The number of halogens is 2. The second-order valence-corrected chi connectivity index (χ2v) is 5.80. The first-order valence-corrected chi connectivity index (χ1v) is 8.14. The van der Waals surface area contributed by atoms with Crippen LogP contribution in [0.3, 0.4) is 0 Å². The van der Waals surface area contributed by atoms with Crippen molar-refractivity contribution < 1.29 is 18.4 Å². The molecule has 0 saturated carbocycles. The van der Waals surface area contributed by atoms with Crippen molar-refractivity contribution in [2.24, 2.45) is 0 Å². The van der Waals surface area contributed by atoms with E-state index in [1.54, 1.807) is 18.2 Å². The summed E-state index contributed by atoms with van der Waals surface area (Å²) in [6.07, 6.45) is 0. The van der Waals surface area contributed by atoms with Crippen LogP contribution in [0.4, 0.5) is 20.2 Å². The first kappa shape index (κ1) is 18.7. The third-order valence-corrected chi connectivity index (χ3v) is 3.84. The van der Waals surface area contributed by atoms with Crippen molar-refractivity contribution in [1.82, 2.24) is 0 Å². The van der Waals surface area contributed by atoms with Gasteiger partial charge in [0.05, 0.1) is 17.3 Å². The normalized spacial score (nSPS) is 10.0. The summed E-state index contributed by atoms with van der Waals surface area (Å²) in [5.41, 5.74) is 1.24. The van der Waals surface area contributed by atoms with Gasteiger partial charge in [0.2, 0.25) is 0 Å². The molecule has 0 aliphatic heterocycles. The molecule has 5 nitrogen and oxygen atoms in total. The van der Waals surface area contributed by atoms with Crippen molar-refractivity contribution in [2.45, 2.75) is 0 Å². The molecule has 0 bridgehead atoms. The van der Waals surface area contributed by atoms with Gasteiger partial charge in [-0.2, -0.15) is 5.26 Å². The topological polar surface area (TPSA) is 82.0 Å². The molecule has 28 heavy (non-hydrogen) atoms. The number of nitrogens with zero attached hydrogens (tertiary/aromatic N) is 1. The molecule has 2 N–H and O–H groups in total. The number of hydrogen-bond acceptors (Lipinski definition) is 3. The van der Waals surface area contributed by atoms with Crippen LogP contribution in [0.1, 0.15) is 26.3 Å². The number of rotatable bonds is 4. The van der Waals surface area contributed by atoms with Crippen LogP contribution in [0.15, 0.2) is 66.7 Å². The average Bonchev–Trinajstić information content (AvgIpc) is 2.70. The maximum atomic E-state index is 13.6. The van der Waals surface area contributed by atoms with Gasteiger partial charge in [0.1, 0.15) is 11.6 Å². The highest BCUT2D eigenvalue weighted by atomic mass is 19.1. The van der Waals surface area contributed by atoms with E-state index in [9.17, 15) is 18.4 Å². The summed E-state index contributed by atoms with van der Waals surface area (Å²) >= 11 is 0. The molecule has 138 valence electrons. The molecule has 0 saturated heterocycles. The molecule has 3 rings (SSSR count). The number of amides is 2. The summed E-state index contributed by atoms with van der Waals surface area (Å²) < 4.78 is 26.5. The largest absolute Gasteiger partial charge is 0.322 e. The standard InChI is InChI=1S/C21H13F2N3O2/c22-16-8-9-19(18(23)11-16)26-21(28)15-6-4-14(5-7-15)20(27)25-17-3-1-2-13(10-17)12-24/h1-11H,(H,25,27)(H,26,28). The van der Waals surface area contributed by atoms with Gasteiger partial charge in [-0.3, -0.25) is 9.59 Å². The van der Waals surface area contributed by atoms with E-state index in [2.05, 4.69) is 10.6 Å². The van der Waals surface area contributed by atoms with Crippen LogP contribution in [0.2, 0.25) is 0 Å². The summed E-state index contributed by atoms with van der Waals surface area (Å²) in [6.45, 7) is 0. The van der Waals surface area contributed by atoms with Crippen LogP contribution >= 0.6 is 0 Å². The Balaban J connectivity index is 1.69. The van der Waals surface area contributed by atoms with E-state index in [0.29, 0.717) is 22.9 Å². The average molecular weight is 377 g/mol. The highest BCUT2D eigenvalue weighted by molar-refractivity contribution is 6.07. The van der Waals surface area contributed by atoms with Crippen LogP contribution < -0.4 is 10.6 Å². The molecule has 0 aliphatic rings. The monoisotopic (exact) mass is 377 g/mol. The fraction of sp³-hybridized carbons (Fsp3) is 0. The Kier molecular flexibility index (Phi) is 5.42. The van der Waals surface area contributed by atoms with Gasteiger partial charge < -0.3 is 10.6 Å². The smallest absolute Gasteiger partial charge is 0.255 e. The molecular weight excluding hydrogens is 364 g/mol. The lowest BCUT2D eigenvalue weighted by Crippen LogP contribution is -2.15. The lowest BCUT2D eigenvalue weighted by atomic mass is 10.1. The number of carbonyl (C=O) groups excluding carboxylic acids is 2. The zero-order chi connectivity index (χ0) is 20.1. The lowest BCUT2D eigenvalue weighted by Gasteiger charge is -2.08. The summed E-state index contributed by atoms with van der Waals surface area (Å²) in [5, 5.41) is 13.9. The number of hydrogen-bond donors (Lipinski definition) is 2. The van der Waals surface area contributed by atoms with E-state index in [4.69, 9.17) is 5.26 Å². The second kappa shape index (κ2) is 8.10. The van der Waals surface area contributed by atoms with E-state index in [1.807, 2.05) is 6.07 Å². The summed E-state index contributed by atoms with van der Waals surface area (Å²) in [4.78, 5) is 24.5. The fourth-order valence-electron chi connectivity index (χ4n) is 2.43. The third-order valence-electron chi connectivity index (χ3n) is 3.84. The Bertz CT molecular complexity index is 1090. The molecule has 0 aliphatic carbocycles. The minimum atomic E-state index is -0.885. The van der Waals surface area contributed by atoms with Crippen LogP contribution in [0, 0.1) is 23.0 Å². The zero-order valence-corrected chi connectivity index (χ0v) is 14.4. The molecule has 3 aromatic carbocycles. The SMILES string of the molecule is N#Cc1cccc(NC(=O)c2ccc(C(=O)Nc3ccc(F)cc3F)cc2)c1. The summed E-state index contributed by atoms with van der Waals surface area (Å²) in [6, 6.07) is 17.0. The zero-order valence-electron chi connectivity index (χ0n) is 14.4. The van der Waals surface area contributed by atoms with Crippen molar-refractivity contribution in [3.05, 3.63) is 95.1 Å². The van der Waals surface area contributed by atoms with E-state index in [0.717, 1.165) is 12.1 Å². The number of carbonyl (C=O) groups is 2. The van der Waals surface area contributed by atoms with Gasteiger partial charge >= 0.3 is 0 Å². The van der Waals surface area contributed by atoms with E-state index >= 15 is 0 Å². The Labute approximate surface area is 159 Å². The number of benzene rings is 3. The lowest BCUT2D eigenvalue weighted by molar-refractivity contribution is 0.101.